The summed E-state index contributed by atoms with van der Waals surface area (Å²) < 4.78 is 43.6. The van der Waals surface area contributed by atoms with Gasteiger partial charge in [-0.25, -0.2) is 0 Å². The first kappa shape index (κ1) is 19.7. The Morgan fingerprint density at radius 2 is 1.78 bits per heavy atom. The maximum atomic E-state index is 12.6. The highest BCUT2D eigenvalue weighted by Gasteiger charge is 2.30. The molecule has 0 aromatic heterocycles. The molecular weight excluding hydrogens is 379 g/mol. The van der Waals surface area contributed by atoms with Crippen molar-refractivity contribution < 1.29 is 22.7 Å². The molecule has 144 valence electrons. The zero-order chi connectivity index (χ0) is 19.4. The summed E-state index contributed by atoms with van der Waals surface area (Å²) in [6.07, 6.45) is -2.86. The van der Waals surface area contributed by atoms with Crippen molar-refractivity contribution in [1.29, 1.82) is 0 Å². The number of carbonyl (C=O) groups is 1. The molecule has 2 aromatic carbocycles. The Hall–Kier alpha value is -2.05. The molecule has 7 heteroatoms. The minimum Gasteiger partial charge on any atom is -0.372 e. The molecule has 0 saturated carbocycles. The molecule has 3 rings (SSSR count). The van der Waals surface area contributed by atoms with E-state index in [9.17, 15) is 18.0 Å². The molecule has 1 aliphatic heterocycles. The van der Waals surface area contributed by atoms with Crippen LogP contribution in [0.4, 0.5) is 13.2 Å². The van der Waals surface area contributed by atoms with Gasteiger partial charge in [0.1, 0.15) is 0 Å². The molecule has 0 unspecified atom stereocenters. The van der Waals surface area contributed by atoms with E-state index in [2.05, 4.69) is 0 Å². The smallest absolute Gasteiger partial charge is 0.372 e. The highest BCUT2D eigenvalue weighted by Crippen LogP contribution is 2.29. The first-order chi connectivity index (χ1) is 12.8. The van der Waals surface area contributed by atoms with Crippen LogP contribution in [0.5, 0.6) is 0 Å². The highest BCUT2D eigenvalue weighted by atomic mass is 35.5. The Labute approximate surface area is 160 Å². The molecule has 1 saturated heterocycles. The molecule has 1 aliphatic rings. The number of ether oxygens (including phenoxy) is 1. The van der Waals surface area contributed by atoms with Crippen LogP contribution < -0.4 is 0 Å². The van der Waals surface area contributed by atoms with Crippen LogP contribution in [-0.4, -0.2) is 30.0 Å². The van der Waals surface area contributed by atoms with Gasteiger partial charge in [0.25, 0.3) is 5.91 Å². The van der Waals surface area contributed by atoms with E-state index in [1.165, 1.54) is 12.1 Å². The third-order valence-electron chi connectivity index (χ3n) is 4.52. The number of likely N-dealkylation sites (tertiary alicyclic amines) is 1. The molecule has 0 bridgehead atoms. The van der Waals surface area contributed by atoms with Gasteiger partial charge in [-0.1, -0.05) is 23.7 Å². The molecule has 1 atom stereocenters. The van der Waals surface area contributed by atoms with Crippen molar-refractivity contribution in [2.24, 2.45) is 0 Å². The van der Waals surface area contributed by atoms with E-state index in [1.54, 1.807) is 29.2 Å². The van der Waals surface area contributed by atoms with Crippen molar-refractivity contribution in [2.75, 3.05) is 13.1 Å². The number of carbonyl (C=O) groups excluding carboxylic acids is 1. The van der Waals surface area contributed by atoms with Gasteiger partial charge in [-0.05, 0) is 54.8 Å². The van der Waals surface area contributed by atoms with Crippen LogP contribution in [0.15, 0.2) is 48.5 Å². The van der Waals surface area contributed by atoms with Gasteiger partial charge in [-0.15, -0.1) is 0 Å². The Morgan fingerprint density at radius 1 is 1.11 bits per heavy atom. The second-order valence-corrected chi connectivity index (χ2v) is 6.96. The standard InChI is InChI=1S/C20H19ClF3NO2/c21-17-9-5-15(6-10-17)19(26)25-11-1-2-18(12-25)27-13-14-3-7-16(8-4-14)20(22,23)24/h3-10,18H,1-2,11-13H2/t18-/m0/s1. The molecule has 0 radical (unpaired) electrons. The summed E-state index contributed by atoms with van der Waals surface area (Å²) in [5.41, 5.74) is 0.565. The van der Waals surface area contributed by atoms with E-state index in [4.69, 9.17) is 16.3 Å². The first-order valence-electron chi connectivity index (χ1n) is 8.65. The van der Waals surface area contributed by atoms with E-state index >= 15 is 0 Å². The Kier molecular flexibility index (Phi) is 6.07. The number of nitrogens with zero attached hydrogens (tertiary/aromatic N) is 1. The molecule has 1 amide bonds. The maximum Gasteiger partial charge on any atom is 0.416 e. The van der Waals surface area contributed by atoms with E-state index in [-0.39, 0.29) is 18.6 Å². The summed E-state index contributed by atoms with van der Waals surface area (Å²) in [5, 5.41) is 0.572. The van der Waals surface area contributed by atoms with Gasteiger partial charge in [0, 0.05) is 23.7 Å². The average Bonchev–Trinajstić information content (AvgIpc) is 2.66. The average molecular weight is 398 g/mol. The first-order valence-corrected chi connectivity index (χ1v) is 9.03. The third kappa shape index (κ3) is 5.23. The summed E-state index contributed by atoms with van der Waals surface area (Å²) in [5.74, 6) is -0.0745. The van der Waals surface area contributed by atoms with Crippen molar-refractivity contribution in [1.82, 2.24) is 4.90 Å². The van der Waals surface area contributed by atoms with E-state index in [0.717, 1.165) is 25.0 Å². The third-order valence-corrected chi connectivity index (χ3v) is 4.78. The predicted molar refractivity (Wildman–Crippen MR) is 96.6 cm³/mol. The number of amides is 1. The summed E-state index contributed by atoms with van der Waals surface area (Å²) in [6, 6.07) is 11.7. The van der Waals surface area contributed by atoms with Gasteiger partial charge in [0.05, 0.1) is 18.3 Å². The van der Waals surface area contributed by atoms with Crippen molar-refractivity contribution in [3.8, 4) is 0 Å². The van der Waals surface area contributed by atoms with E-state index in [0.29, 0.717) is 29.2 Å². The lowest BCUT2D eigenvalue weighted by molar-refractivity contribution is -0.137. The van der Waals surface area contributed by atoms with Gasteiger partial charge in [0.15, 0.2) is 0 Å². The van der Waals surface area contributed by atoms with Crippen LogP contribution in [0.3, 0.4) is 0 Å². The monoisotopic (exact) mass is 397 g/mol. The lowest BCUT2D eigenvalue weighted by atomic mass is 10.1. The molecule has 0 N–H and O–H groups in total. The maximum absolute atomic E-state index is 12.6. The second-order valence-electron chi connectivity index (χ2n) is 6.53. The molecular formula is C20H19ClF3NO2. The van der Waals surface area contributed by atoms with Crippen LogP contribution in [0, 0.1) is 0 Å². The number of alkyl halides is 3. The second kappa shape index (κ2) is 8.31. The summed E-state index contributed by atoms with van der Waals surface area (Å²) in [4.78, 5) is 14.3. The molecule has 1 fully saturated rings. The SMILES string of the molecule is O=C(c1ccc(Cl)cc1)N1CCC[C@H](OCc2ccc(C(F)(F)F)cc2)C1. The lowest BCUT2D eigenvalue weighted by Crippen LogP contribution is -2.43. The molecule has 2 aromatic rings. The Bertz CT molecular complexity index is 775. The molecule has 3 nitrogen and oxygen atoms in total. The largest absolute Gasteiger partial charge is 0.416 e. The molecule has 1 heterocycles. The van der Waals surface area contributed by atoms with Crippen molar-refractivity contribution in [3.05, 3.63) is 70.2 Å². The van der Waals surface area contributed by atoms with Gasteiger partial charge in [-0.3, -0.25) is 4.79 Å². The zero-order valence-electron chi connectivity index (χ0n) is 14.5. The van der Waals surface area contributed by atoms with Crippen LogP contribution in [0.25, 0.3) is 0 Å². The van der Waals surface area contributed by atoms with Crippen LogP contribution >= 0.6 is 11.6 Å². The fraction of sp³-hybridized carbons (Fsp3) is 0.350. The molecule has 27 heavy (non-hydrogen) atoms. The minimum absolute atomic E-state index is 0.0745. The van der Waals surface area contributed by atoms with Crippen LogP contribution in [0.2, 0.25) is 5.02 Å². The molecule has 0 spiro atoms. The minimum atomic E-state index is -4.34. The van der Waals surface area contributed by atoms with E-state index < -0.39 is 11.7 Å². The number of hydrogen-bond acceptors (Lipinski definition) is 2. The normalized spacial score (nSPS) is 17.8. The number of rotatable bonds is 4. The fourth-order valence-electron chi connectivity index (χ4n) is 3.04. The van der Waals surface area contributed by atoms with Crippen LogP contribution in [-0.2, 0) is 17.5 Å². The molecule has 0 aliphatic carbocycles. The zero-order valence-corrected chi connectivity index (χ0v) is 15.3. The Morgan fingerprint density at radius 3 is 2.41 bits per heavy atom. The van der Waals surface area contributed by atoms with Gasteiger partial charge >= 0.3 is 6.18 Å². The number of piperidine rings is 1. The van der Waals surface area contributed by atoms with E-state index in [1.807, 2.05) is 0 Å². The quantitative estimate of drug-likeness (QED) is 0.711. The topological polar surface area (TPSA) is 29.5 Å². The summed E-state index contributed by atoms with van der Waals surface area (Å²) in [7, 11) is 0. The Balaban J connectivity index is 1.55. The highest BCUT2D eigenvalue weighted by molar-refractivity contribution is 6.30. The predicted octanol–water partition coefficient (Wildman–Crippen LogP) is 5.18. The van der Waals surface area contributed by atoms with Gasteiger partial charge in [0.2, 0.25) is 0 Å². The number of halogens is 4. The number of benzene rings is 2. The lowest BCUT2D eigenvalue weighted by Gasteiger charge is -2.32. The van der Waals surface area contributed by atoms with Crippen molar-refractivity contribution in [3.63, 3.8) is 0 Å². The van der Waals surface area contributed by atoms with Crippen molar-refractivity contribution in [2.45, 2.75) is 31.7 Å². The van der Waals surface area contributed by atoms with Gasteiger partial charge in [-0.2, -0.15) is 13.2 Å². The fourth-order valence-corrected chi connectivity index (χ4v) is 3.16. The van der Waals surface area contributed by atoms with Gasteiger partial charge < -0.3 is 9.64 Å². The van der Waals surface area contributed by atoms with Crippen molar-refractivity contribution >= 4 is 17.5 Å². The summed E-state index contributed by atoms with van der Waals surface area (Å²) >= 11 is 5.85. The van der Waals surface area contributed by atoms with Crippen LogP contribution in [0.1, 0.15) is 34.3 Å². The number of hydrogen-bond donors (Lipinski definition) is 0. The summed E-state index contributed by atoms with van der Waals surface area (Å²) in [6.45, 7) is 1.33.